The molecule has 16 heavy (non-hydrogen) atoms. The first kappa shape index (κ1) is 11.2. The molecule has 1 aromatic carbocycles. The summed E-state index contributed by atoms with van der Waals surface area (Å²) < 4.78 is 1.70. The number of aliphatic hydroxyl groups excluding tert-OH is 1. The van der Waals surface area contributed by atoms with Crippen molar-refractivity contribution in [3.63, 3.8) is 0 Å². The number of thioether (sulfide) groups is 1. The van der Waals surface area contributed by atoms with Gasteiger partial charge in [0.25, 0.3) is 0 Å². The van der Waals surface area contributed by atoms with Gasteiger partial charge in [0, 0.05) is 12.8 Å². The van der Waals surface area contributed by atoms with Crippen LogP contribution in [-0.2, 0) is 7.05 Å². The van der Waals surface area contributed by atoms with Gasteiger partial charge in [-0.15, -0.1) is 0 Å². The van der Waals surface area contributed by atoms with E-state index in [1.807, 2.05) is 37.4 Å². The molecule has 0 amide bonds. The molecular formula is C11H13N3OS. The number of hydrogen-bond acceptors (Lipinski definition) is 4. The van der Waals surface area contributed by atoms with E-state index in [4.69, 9.17) is 0 Å². The van der Waals surface area contributed by atoms with Gasteiger partial charge in [-0.1, -0.05) is 42.1 Å². The lowest BCUT2D eigenvalue weighted by Gasteiger charge is -2.09. The summed E-state index contributed by atoms with van der Waals surface area (Å²) in [7, 11) is 1.84. The summed E-state index contributed by atoms with van der Waals surface area (Å²) in [5, 5.41) is 14.7. The largest absolute Gasteiger partial charge is 0.388 e. The number of aliphatic hydroxyl groups is 1. The van der Waals surface area contributed by atoms with E-state index in [0.717, 1.165) is 10.7 Å². The van der Waals surface area contributed by atoms with Gasteiger partial charge in [0.1, 0.15) is 6.33 Å². The van der Waals surface area contributed by atoms with Crippen LogP contribution in [0.2, 0.25) is 0 Å². The molecule has 0 spiro atoms. The Hall–Kier alpha value is -1.33. The van der Waals surface area contributed by atoms with E-state index in [0.29, 0.717) is 5.75 Å². The van der Waals surface area contributed by atoms with Gasteiger partial charge in [-0.25, -0.2) is 9.67 Å². The summed E-state index contributed by atoms with van der Waals surface area (Å²) in [5.74, 6) is 0.580. The van der Waals surface area contributed by atoms with Crippen LogP contribution < -0.4 is 0 Å². The van der Waals surface area contributed by atoms with Gasteiger partial charge in [0.15, 0.2) is 5.16 Å². The van der Waals surface area contributed by atoms with Crippen LogP contribution in [-0.4, -0.2) is 25.6 Å². The molecule has 0 saturated carbocycles. The summed E-state index contributed by atoms with van der Waals surface area (Å²) in [6.45, 7) is 0. The minimum Gasteiger partial charge on any atom is -0.388 e. The Balaban J connectivity index is 1.94. The maximum atomic E-state index is 9.93. The molecule has 1 unspecified atom stereocenters. The van der Waals surface area contributed by atoms with Crippen molar-refractivity contribution in [3.8, 4) is 0 Å². The van der Waals surface area contributed by atoms with Crippen LogP contribution >= 0.6 is 11.8 Å². The average molecular weight is 235 g/mol. The molecule has 2 rings (SSSR count). The maximum absolute atomic E-state index is 9.93. The first-order valence-corrected chi connectivity index (χ1v) is 5.96. The Morgan fingerprint density at radius 1 is 1.38 bits per heavy atom. The van der Waals surface area contributed by atoms with Gasteiger partial charge in [-0.05, 0) is 5.56 Å². The van der Waals surface area contributed by atoms with E-state index in [1.165, 1.54) is 18.1 Å². The zero-order valence-corrected chi connectivity index (χ0v) is 9.76. The lowest BCUT2D eigenvalue weighted by Crippen LogP contribution is -2.02. The Bertz CT molecular complexity index is 444. The second-order valence-electron chi connectivity index (χ2n) is 3.40. The van der Waals surface area contributed by atoms with Gasteiger partial charge < -0.3 is 5.11 Å². The normalized spacial score (nSPS) is 12.6. The average Bonchev–Trinajstić information content (AvgIpc) is 2.73. The summed E-state index contributed by atoms with van der Waals surface area (Å²) in [5.41, 5.74) is 0.928. The molecule has 0 aliphatic carbocycles. The molecule has 0 bridgehead atoms. The van der Waals surface area contributed by atoms with Crippen molar-refractivity contribution in [1.29, 1.82) is 0 Å². The molecule has 1 heterocycles. The molecule has 0 fully saturated rings. The number of hydrogen-bond donors (Lipinski definition) is 1. The first-order valence-electron chi connectivity index (χ1n) is 4.97. The fourth-order valence-corrected chi connectivity index (χ4v) is 2.20. The van der Waals surface area contributed by atoms with Crippen molar-refractivity contribution in [3.05, 3.63) is 42.2 Å². The Kier molecular flexibility index (Phi) is 3.58. The zero-order valence-electron chi connectivity index (χ0n) is 8.95. The van der Waals surface area contributed by atoms with E-state index >= 15 is 0 Å². The van der Waals surface area contributed by atoms with Crippen LogP contribution in [0.1, 0.15) is 11.7 Å². The summed E-state index contributed by atoms with van der Waals surface area (Å²) >= 11 is 1.50. The van der Waals surface area contributed by atoms with Crippen LogP contribution in [0.15, 0.2) is 41.8 Å². The van der Waals surface area contributed by atoms with Crippen LogP contribution in [0.25, 0.3) is 0 Å². The third-order valence-corrected chi connectivity index (χ3v) is 3.33. The molecule has 2 aromatic rings. The van der Waals surface area contributed by atoms with Crippen LogP contribution in [0, 0.1) is 0 Å². The molecule has 84 valence electrons. The Morgan fingerprint density at radius 2 is 2.12 bits per heavy atom. The molecular weight excluding hydrogens is 222 g/mol. The van der Waals surface area contributed by atoms with Crippen molar-refractivity contribution < 1.29 is 5.11 Å². The third-order valence-electron chi connectivity index (χ3n) is 2.22. The lowest BCUT2D eigenvalue weighted by atomic mass is 10.1. The van der Waals surface area contributed by atoms with E-state index < -0.39 is 6.10 Å². The number of benzene rings is 1. The van der Waals surface area contributed by atoms with Gasteiger partial charge in [-0.2, -0.15) is 5.10 Å². The second-order valence-corrected chi connectivity index (χ2v) is 4.39. The molecule has 4 nitrogen and oxygen atoms in total. The van der Waals surface area contributed by atoms with Crippen molar-refractivity contribution in [1.82, 2.24) is 14.8 Å². The highest BCUT2D eigenvalue weighted by atomic mass is 32.2. The Labute approximate surface area is 98.3 Å². The molecule has 1 atom stereocenters. The molecule has 0 aliphatic heterocycles. The second kappa shape index (κ2) is 5.14. The van der Waals surface area contributed by atoms with Crippen molar-refractivity contribution in [2.24, 2.45) is 7.05 Å². The van der Waals surface area contributed by atoms with Crippen LogP contribution in [0.4, 0.5) is 0 Å². The standard InChI is InChI=1S/C11H13N3OS/c1-14-11(12-8-13-14)16-7-10(15)9-5-3-2-4-6-9/h2-6,8,10,15H,7H2,1H3. The van der Waals surface area contributed by atoms with Gasteiger partial charge in [-0.3, -0.25) is 0 Å². The van der Waals surface area contributed by atoms with Crippen molar-refractivity contribution >= 4 is 11.8 Å². The van der Waals surface area contributed by atoms with E-state index in [-0.39, 0.29) is 0 Å². The smallest absolute Gasteiger partial charge is 0.185 e. The fraction of sp³-hybridized carbons (Fsp3) is 0.273. The van der Waals surface area contributed by atoms with Crippen LogP contribution in [0.5, 0.6) is 0 Å². The van der Waals surface area contributed by atoms with E-state index in [2.05, 4.69) is 10.1 Å². The number of aromatic nitrogens is 3. The lowest BCUT2D eigenvalue weighted by molar-refractivity contribution is 0.204. The molecule has 1 aromatic heterocycles. The highest BCUT2D eigenvalue weighted by Crippen LogP contribution is 2.22. The maximum Gasteiger partial charge on any atom is 0.185 e. The summed E-state index contributed by atoms with van der Waals surface area (Å²) in [6.07, 6.45) is 1.04. The zero-order chi connectivity index (χ0) is 11.4. The molecule has 0 radical (unpaired) electrons. The van der Waals surface area contributed by atoms with Crippen molar-refractivity contribution in [2.45, 2.75) is 11.3 Å². The van der Waals surface area contributed by atoms with Gasteiger partial charge >= 0.3 is 0 Å². The van der Waals surface area contributed by atoms with Crippen LogP contribution in [0.3, 0.4) is 0 Å². The fourth-order valence-electron chi connectivity index (χ4n) is 1.34. The topological polar surface area (TPSA) is 50.9 Å². The van der Waals surface area contributed by atoms with E-state index in [9.17, 15) is 5.11 Å². The number of rotatable bonds is 4. The predicted molar refractivity (Wildman–Crippen MR) is 63.1 cm³/mol. The minimum atomic E-state index is -0.470. The van der Waals surface area contributed by atoms with Crippen molar-refractivity contribution in [2.75, 3.05) is 5.75 Å². The highest BCUT2D eigenvalue weighted by Gasteiger charge is 2.09. The molecule has 1 N–H and O–H groups in total. The summed E-state index contributed by atoms with van der Waals surface area (Å²) in [6, 6.07) is 9.62. The van der Waals surface area contributed by atoms with Gasteiger partial charge in [0.2, 0.25) is 0 Å². The third kappa shape index (κ3) is 2.62. The number of aryl methyl sites for hydroxylation is 1. The monoisotopic (exact) mass is 235 g/mol. The number of nitrogens with zero attached hydrogens (tertiary/aromatic N) is 3. The summed E-state index contributed by atoms with van der Waals surface area (Å²) in [4.78, 5) is 4.09. The minimum absolute atomic E-state index is 0.470. The van der Waals surface area contributed by atoms with E-state index in [1.54, 1.807) is 4.68 Å². The first-order chi connectivity index (χ1) is 7.77. The van der Waals surface area contributed by atoms with Gasteiger partial charge in [0.05, 0.1) is 6.10 Å². The highest BCUT2D eigenvalue weighted by molar-refractivity contribution is 7.99. The predicted octanol–water partition coefficient (Wildman–Crippen LogP) is 1.64. The SMILES string of the molecule is Cn1ncnc1SCC(O)c1ccccc1. The quantitative estimate of drug-likeness (QED) is 0.818. The Morgan fingerprint density at radius 3 is 2.75 bits per heavy atom. The molecule has 5 heteroatoms. The molecule has 0 aliphatic rings. The molecule has 0 saturated heterocycles.